The fourth-order valence-electron chi connectivity index (χ4n) is 1.19. The van der Waals surface area contributed by atoms with E-state index in [9.17, 15) is 9.32 Å². The molecule has 0 saturated heterocycles. The molecule has 0 radical (unpaired) electrons. The first-order valence-electron chi connectivity index (χ1n) is 4.88. The molecular weight excluding hydrogens is 210 g/mol. The van der Waals surface area contributed by atoms with Crippen LogP contribution in [0, 0.1) is 13.8 Å². The highest BCUT2D eigenvalue weighted by Gasteiger charge is 2.10. The molecule has 0 fully saturated rings. The van der Waals surface area contributed by atoms with E-state index < -0.39 is 16.9 Å². The van der Waals surface area contributed by atoms with Crippen LogP contribution in [0.2, 0.25) is 0 Å². The van der Waals surface area contributed by atoms with Gasteiger partial charge in [-0.25, -0.2) is 0 Å². The average molecular weight is 227 g/mol. The molecule has 1 rings (SSSR count). The van der Waals surface area contributed by atoms with E-state index in [-0.39, 0.29) is 12.3 Å². The zero-order valence-corrected chi connectivity index (χ0v) is 9.88. The number of hydrogen-bond donors (Lipinski definition) is 2. The van der Waals surface area contributed by atoms with Gasteiger partial charge in [0.25, 0.3) is 0 Å². The van der Waals surface area contributed by atoms with Crippen LogP contribution < -0.4 is 5.73 Å². The number of benzene rings is 1. The van der Waals surface area contributed by atoms with Gasteiger partial charge in [-0.3, -0.25) is 4.21 Å². The smallest absolute Gasteiger partial charge is 0.0781 e. The monoisotopic (exact) mass is 227 g/mol. The van der Waals surface area contributed by atoms with Gasteiger partial charge < -0.3 is 10.8 Å². The number of aliphatic hydroxyl groups excluding tert-OH is 1. The molecule has 0 aromatic heterocycles. The zero-order chi connectivity index (χ0) is 11.4. The molecule has 0 aliphatic heterocycles. The molecule has 84 valence electrons. The Balaban J connectivity index is 2.78. The molecule has 4 heteroatoms. The van der Waals surface area contributed by atoms with Crippen LogP contribution in [-0.4, -0.2) is 27.7 Å². The number of nitrogens with two attached hydrogens (primary N) is 1. The number of hydrogen-bond acceptors (Lipinski definition) is 3. The minimum absolute atomic E-state index is 0.149. The Morgan fingerprint density at radius 2 is 2.07 bits per heavy atom. The van der Waals surface area contributed by atoms with Crippen LogP contribution in [0.1, 0.15) is 11.1 Å². The van der Waals surface area contributed by atoms with Crippen LogP contribution in [-0.2, 0) is 10.8 Å². The maximum atomic E-state index is 11.8. The maximum Gasteiger partial charge on any atom is 0.0781 e. The molecule has 0 amide bonds. The maximum absolute atomic E-state index is 11.8. The van der Waals surface area contributed by atoms with Crippen molar-refractivity contribution in [3.63, 3.8) is 0 Å². The van der Waals surface area contributed by atoms with Gasteiger partial charge >= 0.3 is 0 Å². The average Bonchev–Trinajstić information content (AvgIpc) is 2.21. The van der Waals surface area contributed by atoms with Gasteiger partial charge in [0, 0.05) is 11.4 Å². The third-order valence-corrected chi connectivity index (χ3v) is 3.82. The van der Waals surface area contributed by atoms with Crippen LogP contribution in [0.3, 0.4) is 0 Å². The molecule has 1 aromatic carbocycles. The van der Waals surface area contributed by atoms with E-state index in [0.717, 1.165) is 10.5 Å². The van der Waals surface area contributed by atoms with Crippen molar-refractivity contribution < 1.29 is 9.32 Å². The lowest BCUT2D eigenvalue weighted by atomic mass is 10.1. The summed E-state index contributed by atoms with van der Waals surface area (Å²) in [5.74, 6) is 0.207. The second-order valence-corrected chi connectivity index (χ2v) is 5.14. The summed E-state index contributed by atoms with van der Waals surface area (Å²) in [6.07, 6.45) is -0.688. The van der Waals surface area contributed by atoms with Crippen LogP contribution in [0.4, 0.5) is 0 Å². The first-order chi connectivity index (χ1) is 7.04. The van der Waals surface area contributed by atoms with E-state index in [1.807, 2.05) is 32.0 Å². The summed E-state index contributed by atoms with van der Waals surface area (Å²) in [5, 5.41) is 9.30. The topological polar surface area (TPSA) is 63.3 Å². The minimum Gasteiger partial charge on any atom is -0.391 e. The van der Waals surface area contributed by atoms with Gasteiger partial charge in [0.15, 0.2) is 0 Å². The fourth-order valence-corrected chi connectivity index (χ4v) is 2.40. The standard InChI is InChI=1S/C11H17NO2S/c1-8-3-4-11(5-9(8)2)15(14)7-10(13)6-12/h3-5,10,13H,6-7,12H2,1-2H3. The molecule has 0 saturated carbocycles. The number of rotatable bonds is 4. The van der Waals surface area contributed by atoms with E-state index in [1.54, 1.807) is 0 Å². The van der Waals surface area contributed by atoms with Crippen molar-refractivity contribution in [3.05, 3.63) is 29.3 Å². The molecular formula is C11H17NO2S. The van der Waals surface area contributed by atoms with Crippen LogP contribution >= 0.6 is 0 Å². The van der Waals surface area contributed by atoms with Gasteiger partial charge in [-0.1, -0.05) is 6.07 Å². The highest BCUT2D eigenvalue weighted by Crippen LogP contribution is 2.13. The Bertz CT molecular complexity index is 366. The summed E-state index contributed by atoms with van der Waals surface area (Å²) in [5.41, 5.74) is 7.56. The van der Waals surface area contributed by atoms with E-state index >= 15 is 0 Å². The van der Waals surface area contributed by atoms with Crippen molar-refractivity contribution in [1.29, 1.82) is 0 Å². The summed E-state index contributed by atoms with van der Waals surface area (Å²) >= 11 is 0. The molecule has 0 spiro atoms. The molecule has 3 N–H and O–H groups in total. The molecule has 0 aliphatic rings. The predicted octanol–water partition coefficient (Wildman–Crippen LogP) is 0.731. The van der Waals surface area contributed by atoms with Crippen molar-refractivity contribution in [3.8, 4) is 0 Å². The summed E-state index contributed by atoms with van der Waals surface area (Å²) in [6, 6.07) is 5.67. The van der Waals surface area contributed by atoms with Crippen LogP contribution in [0.5, 0.6) is 0 Å². The summed E-state index contributed by atoms with van der Waals surface area (Å²) in [7, 11) is -1.16. The second kappa shape index (κ2) is 5.39. The van der Waals surface area contributed by atoms with Gasteiger partial charge in [0.05, 0.1) is 22.7 Å². The third kappa shape index (κ3) is 3.41. The Kier molecular flexibility index (Phi) is 4.45. The highest BCUT2D eigenvalue weighted by molar-refractivity contribution is 7.85. The van der Waals surface area contributed by atoms with Crippen molar-refractivity contribution in [2.45, 2.75) is 24.8 Å². The SMILES string of the molecule is Cc1ccc(S(=O)CC(O)CN)cc1C. The van der Waals surface area contributed by atoms with Crippen LogP contribution in [0.25, 0.3) is 0 Å². The molecule has 15 heavy (non-hydrogen) atoms. The summed E-state index contributed by atoms with van der Waals surface area (Å²) < 4.78 is 11.8. The van der Waals surface area contributed by atoms with Gasteiger partial charge in [-0.2, -0.15) is 0 Å². The Morgan fingerprint density at radius 1 is 1.40 bits per heavy atom. The quantitative estimate of drug-likeness (QED) is 0.797. The number of aliphatic hydroxyl groups is 1. The Hall–Kier alpha value is -0.710. The molecule has 0 aliphatic carbocycles. The van der Waals surface area contributed by atoms with E-state index in [4.69, 9.17) is 5.73 Å². The van der Waals surface area contributed by atoms with Crippen molar-refractivity contribution in [2.75, 3.05) is 12.3 Å². The summed E-state index contributed by atoms with van der Waals surface area (Å²) in [6.45, 7) is 4.14. The molecule has 0 heterocycles. The van der Waals surface area contributed by atoms with Crippen molar-refractivity contribution in [1.82, 2.24) is 0 Å². The lowest BCUT2D eigenvalue weighted by Gasteiger charge is -2.08. The lowest BCUT2D eigenvalue weighted by molar-refractivity contribution is 0.207. The highest BCUT2D eigenvalue weighted by atomic mass is 32.2. The molecule has 2 atom stereocenters. The zero-order valence-electron chi connectivity index (χ0n) is 9.06. The van der Waals surface area contributed by atoms with E-state index in [0.29, 0.717) is 0 Å². The predicted molar refractivity (Wildman–Crippen MR) is 62.3 cm³/mol. The molecule has 0 bridgehead atoms. The van der Waals surface area contributed by atoms with E-state index in [1.165, 1.54) is 5.56 Å². The largest absolute Gasteiger partial charge is 0.391 e. The van der Waals surface area contributed by atoms with Gasteiger partial charge in [0.1, 0.15) is 0 Å². The second-order valence-electron chi connectivity index (χ2n) is 3.65. The number of aryl methyl sites for hydroxylation is 2. The van der Waals surface area contributed by atoms with Crippen LogP contribution in [0.15, 0.2) is 23.1 Å². The van der Waals surface area contributed by atoms with Crippen molar-refractivity contribution >= 4 is 10.8 Å². The molecule has 2 unspecified atom stereocenters. The van der Waals surface area contributed by atoms with Crippen molar-refractivity contribution in [2.24, 2.45) is 5.73 Å². The van der Waals surface area contributed by atoms with Gasteiger partial charge in [0.2, 0.25) is 0 Å². The van der Waals surface area contributed by atoms with Gasteiger partial charge in [-0.05, 0) is 37.1 Å². The first-order valence-corrected chi connectivity index (χ1v) is 6.20. The first kappa shape index (κ1) is 12.4. The minimum atomic E-state index is -1.16. The fraction of sp³-hybridized carbons (Fsp3) is 0.455. The third-order valence-electron chi connectivity index (χ3n) is 2.36. The Labute approximate surface area is 92.8 Å². The van der Waals surface area contributed by atoms with E-state index in [2.05, 4.69) is 0 Å². The molecule has 1 aromatic rings. The normalized spacial score (nSPS) is 14.9. The summed E-state index contributed by atoms with van der Waals surface area (Å²) in [4.78, 5) is 0.755. The Morgan fingerprint density at radius 3 is 2.60 bits per heavy atom. The van der Waals surface area contributed by atoms with Gasteiger partial charge in [-0.15, -0.1) is 0 Å². The lowest BCUT2D eigenvalue weighted by Crippen LogP contribution is -2.26. The molecule has 3 nitrogen and oxygen atoms in total.